The SMILES string of the molecule is CC(O)C1C(=O)N2C(C(=O)O)=C(Sc3nc(C4=CCNC4CCl)cs3)C(C)C12. The zero-order chi connectivity index (χ0) is 20.2. The summed E-state index contributed by atoms with van der Waals surface area (Å²) < 4.78 is 0.722. The molecule has 0 saturated carbocycles. The summed E-state index contributed by atoms with van der Waals surface area (Å²) in [6.45, 7) is 4.22. The van der Waals surface area contributed by atoms with Gasteiger partial charge < -0.3 is 20.4 Å². The molecule has 3 N–H and O–H groups in total. The Morgan fingerprint density at radius 1 is 1.57 bits per heavy atom. The van der Waals surface area contributed by atoms with E-state index in [1.54, 1.807) is 6.92 Å². The van der Waals surface area contributed by atoms with Gasteiger partial charge in [0.25, 0.3) is 0 Å². The van der Waals surface area contributed by atoms with E-state index in [-0.39, 0.29) is 29.6 Å². The Bertz CT molecular complexity index is 897. The molecule has 4 rings (SSSR count). The van der Waals surface area contributed by atoms with Crippen molar-refractivity contribution in [1.82, 2.24) is 15.2 Å². The second kappa shape index (κ2) is 7.46. The van der Waals surface area contributed by atoms with Crippen LogP contribution in [0.5, 0.6) is 0 Å². The van der Waals surface area contributed by atoms with E-state index in [4.69, 9.17) is 11.6 Å². The number of nitrogens with one attached hydrogen (secondary N) is 1. The van der Waals surface area contributed by atoms with Crippen LogP contribution in [0.3, 0.4) is 0 Å². The van der Waals surface area contributed by atoms with Crippen molar-refractivity contribution >= 4 is 52.1 Å². The number of β-lactam (4-membered cyclic amide) rings is 1. The number of aliphatic carboxylic acids is 1. The molecule has 1 fully saturated rings. The molecule has 3 aliphatic rings. The number of aliphatic hydroxyl groups is 1. The number of amides is 1. The van der Waals surface area contributed by atoms with Crippen LogP contribution in [0.25, 0.3) is 5.57 Å². The maximum atomic E-state index is 12.4. The number of fused-ring (bicyclic) bond motifs is 1. The van der Waals surface area contributed by atoms with E-state index in [1.807, 2.05) is 12.3 Å². The fraction of sp³-hybridized carbons (Fsp3) is 0.500. The molecule has 1 amide bonds. The Hall–Kier alpha value is -1.39. The number of hydrogen-bond acceptors (Lipinski definition) is 7. The van der Waals surface area contributed by atoms with Crippen LogP contribution >= 0.6 is 34.7 Å². The van der Waals surface area contributed by atoms with Crippen molar-refractivity contribution in [1.29, 1.82) is 0 Å². The highest BCUT2D eigenvalue weighted by atomic mass is 35.5. The van der Waals surface area contributed by atoms with Crippen LogP contribution in [0.1, 0.15) is 19.5 Å². The maximum Gasteiger partial charge on any atom is 0.353 e. The van der Waals surface area contributed by atoms with Crippen molar-refractivity contribution in [2.45, 2.75) is 36.4 Å². The lowest BCUT2D eigenvalue weighted by molar-refractivity contribution is -0.163. The van der Waals surface area contributed by atoms with Gasteiger partial charge in [0.1, 0.15) is 5.70 Å². The number of carboxylic acid groups (broad SMARTS) is 1. The van der Waals surface area contributed by atoms with E-state index in [0.717, 1.165) is 22.2 Å². The van der Waals surface area contributed by atoms with E-state index in [2.05, 4.69) is 16.4 Å². The van der Waals surface area contributed by atoms with Crippen molar-refractivity contribution in [3.8, 4) is 0 Å². The molecule has 3 aliphatic heterocycles. The van der Waals surface area contributed by atoms with E-state index in [9.17, 15) is 19.8 Å². The third kappa shape index (κ3) is 3.00. The molecule has 1 aromatic heterocycles. The second-order valence-electron chi connectivity index (χ2n) is 7.15. The van der Waals surface area contributed by atoms with Gasteiger partial charge in [0.15, 0.2) is 4.34 Å². The Labute approximate surface area is 175 Å². The number of alkyl halides is 1. The lowest BCUT2D eigenvalue weighted by atomic mass is 9.79. The van der Waals surface area contributed by atoms with Gasteiger partial charge in [0, 0.05) is 34.7 Å². The lowest BCUT2D eigenvalue weighted by Crippen LogP contribution is -2.63. The van der Waals surface area contributed by atoms with Crippen molar-refractivity contribution in [3.05, 3.63) is 27.8 Å². The first-order valence-electron chi connectivity index (χ1n) is 8.96. The van der Waals surface area contributed by atoms with Crippen molar-refractivity contribution in [2.75, 3.05) is 12.4 Å². The minimum absolute atomic E-state index is 0.0153. The van der Waals surface area contributed by atoms with Gasteiger partial charge in [-0.2, -0.15) is 0 Å². The zero-order valence-electron chi connectivity index (χ0n) is 15.3. The number of thioether (sulfide) groups is 1. The minimum Gasteiger partial charge on any atom is -0.477 e. The average Bonchev–Trinajstić information content (AvgIpc) is 3.33. The fourth-order valence-electron chi connectivity index (χ4n) is 4.17. The van der Waals surface area contributed by atoms with Gasteiger partial charge in [-0.3, -0.25) is 4.79 Å². The molecule has 5 atom stereocenters. The number of carbonyl (C=O) groups excluding carboxylic acids is 1. The summed E-state index contributed by atoms with van der Waals surface area (Å²) in [4.78, 5) is 30.9. The monoisotopic (exact) mass is 441 g/mol. The van der Waals surface area contributed by atoms with Crippen LogP contribution in [-0.4, -0.2) is 62.6 Å². The summed E-state index contributed by atoms with van der Waals surface area (Å²) in [6, 6.07) is -0.255. The maximum absolute atomic E-state index is 12.4. The van der Waals surface area contributed by atoms with Gasteiger partial charge >= 0.3 is 5.97 Å². The fourth-order valence-corrected chi connectivity index (χ4v) is 6.55. The highest BCUT2D eigenvalue weighted by Crippen LogP contribution is 2.52. The molecular weight excluding hydrogens is 422 g/mol. The predicted octanol–water partition coefficient (Wildman–Crippen LogP) is 1.98. The van der Waals surface area contributed by atoms with Crippen molar-refractivity contribution in [3.63, 3.8) is 0 Å². The summed E-state index contributed by atoms with van der Waals surface area (Å²) in [6.07, 6.45) is 1.26. The molecule has 0 spiro atoms. The number of halogens is 1. The predicted molar refractivity (Wildman–Crippen MR) is 108 cm³/mol. The third-order valence-corrected chi connectivity index (χ3v) is 8.04. The number of hydrogen-bond donors (Lipinski definition) is 3. The topological polar surface area (TPSA) is 103 Å². The van der Waals surface area contributed by atoms with E-state index in [0.29, 0.717) is 10.8 Å². The summed E-state index contributed by atoms with van der Waals surface area (Å²) in [7, 11) is 0. The van der Waals surface area contributed by atoms with Crippen LogP contribution in [-0.2, 0) is 9.59 Å². The summed E-state index contributed by atoms with van der Waals surface area (Å²) >= 11 is 8.74. The highest BCUT2D eigenvalue weighted by molar-refractivity contribution is 8.04. The van der Waals surface area contributed by atoms with Gasteiger partial charge in [-0.1, -0.05) is 24.8 Å². The largest absolute Gasteiger partial charge is 0.477 e. The molecule has 28 heavy (non-hydrogen) atoms. The Morgan fingerprint density at radius 3 is 2.96 bits per heavy atom. The lowest BCUT2D eigenvalue weighted by Gasteiger charge is -2.46. The number of nitrogens with zero attached hydrogens (tertiary/aromatic N) is 2. The summed E-state index contributed by atoms with van der Waals surface area (Å²) in [5, 5.41) is 24.9. The number of aliphatic hydroxyl groups excluding tert-OH is 1. The molecule has 10 heteroatoms. The standard InChI is InChI=1S/C18H20ClN3O4S2/c1-7-13-12(8(2)23)16(24)22(13)14(17(25)26)15(7)28-18-21-11(6-27-18)9-3-4-20-10(9)5-19/h3,6-8,10,12-13,20,23H,4-5H2,1-2H3,(H,25,26). The van der Waals surface area contributed by atoms with Gasteiger partial charge in [0.05, 0.1) is 23.8 Å². The Kier molecular flexibility index (Phi) is 5.30. The number of rotatable bonds is 6. The molecule has 0 bridgehead atoms. The first-order chi connectivity index (χ1) is 13.3. The first kappa shape index (κ1) is 19.9. The van der Waals surface area contributed by atoms with Crippen LogP contribution in [0.15, 0.2) is 26.4 Å². The van der Waals surface area contributed by atoms with Crippen LogP contribution in [0.4, 0.5) is 0 Å². The molecule has 1 saturated heterocycles. The van der Waals surface area contributed by atoms with E-state index in [1.165, 1.54) is 28.0 Å². The third-order valence-electron chi connectivity index (χ3n) is 5.50. The molecule has 150 valence electrons. The van der Waals surface area contributed by atoms with Gasteiger partial charge in [-0.05, 0) is 12.5 Å². The number of carbonyl (C=O) groups is 2. The van der Waals surface area contributed by atoms with Crippen LogP contribution < -0.4 is 5.32 Å². The molecule has 1 aromatic rings. The summed E-state index contributed by atoms with van der Waals surface area (Å²) in [5.74, 6) is -1.74. The van der Waals surface area contributed by atoms with Crippen molar-refractivity contribution in [2.24, 2.45) is 11.8 Å². The number of carboxylic acids is 1. The number of thiazole rings is 1. The van der Waals surface area contributed by atoms with E-state index < -0.39 is 18.0 Å². The van der Waals surface area contributed by atoms with Crippen molar-refractivity contribution < 1.29 is 19.8 Å². The number of aromatic nitrogens is 1. The molecule has 0 aromatic carbocycles. The summed E-state index contributed by atoms with van der Waals surface area (Å²) in [5.41, 5.74) is 1.91. The Morgan fingerprint density at radius 2 is 2.32 bits per heavy atom. The molecule has 0 radical (unpaired) electrons. The molecule has 4 heterocycles. The van der Waals surface area contributed by atoms with Gasteiger partial charge in [-0.15, -0.1) is 22.9 Å². The Balaban J connectivity index is 1.61. The first-order valence-corrected chi connectivity index (χ1v) is 11.2. The molecule has 0 aliphatic carbocycles. The normalized spacial score (nSPS) is 30.4. The quantitative estimate of drug-likeness (QED) is 0.458. The van der Waals surface area contributed by atoms with E-state index >= 15 is 0 Å². The second-order valence-corrected chi connectivity index (χ2v) is 9.60. The minimum atomic E-state index is -1.13. The average molecular weight is 442 g/mol. The van der Waals surface area contributed by atoms with Crippen LogP contribution in [0, 0.1) is 11.8 Å². The van der Waals surface area contributed by atoms with Gasteiger partial charge in [-0.25, -0.2) is 9.78 Å². The smallest absolute Gasteiger partial charge is 0.353 e. The zero-order valence-corrected chi connectivity index (χ0v) is 17.6. The molecular formula is C18H20ClN3O4S2. The molecule has 5 unspecified atom stereocenters. The highest BCUT2D eigenvalue weighted by Gasteiger charge is 2.60. The van der Waals surface area contributed by atoms with Gasteiger partial charge in [0.2, 0.25) is 5.91 Å². The van der Waals surface area contributed by atoms with Crippen LogP contribution in [0.2, 0.25) is 0 Å². The molecule has 7 nitrogen and oxygen atoms in total.